The zero-order valence-corrected chi connectivity index (χ0v) is 11.3. The molecule has 0 fully saturated rings. The van der Waals surface area contributed by atoms with Crippen LogP contribution in [0.5, 0.6) is 0 Å². The normalized spacial score (nSPS) is 14.5. The van der Waals surface area contributed by atoms with E-state index in [1.807, 2.05) is 0 Å². The van der Waals surface area contributed by atoms with E-state index in [0.29, 0.717) is 0 Å². The van der Waals surface area contributed by atoms with E-state index in [1.165, 1.54) is 29.7 Å². The van der Waals surface area contributed by atoms with Crippen LogP contribution in [0.25, 0.3) is 0 Å². The van der Waals surface area contributed by atoms with Crippen molar-refractivity contribution in [3.63, 3.8) is 0 Å². The fourth-order valence-electron chi connectivity index (χ4n) is 2.25. The van der Waals surface area contributed by atoms with E-state index in [1.54, 1.807) is 0 Å². The lowest BCUT2D eigenvalue weighted by Crippen LogP contribution is -2.36. The molecule has 0 saturated carbocycles. The Bertz CT molecular complexity index is 377. The Morgan fingerprint density at radius 3 is 2.88 bits per heavy atom. The standard InChI is InChI=1S/C15H24N2/c1-15(2,3)17-9-4-5-12-6-7-13-8-10-16-14(13)11-12/h6-7,11,16-17H,4-5,8-10H2,1-3H3. The second-order valence-electron chi connectivity index (χ2n) is 5.95. The molecule has 1 aliphatic rings. The highest BCUT2D eigenvalue weighted by atomic mass is 14.9. The van der Waals surface area contributed by atoms with Gasteiger partial charge in [0.15, 0.2) is 0 Å². The molecule has 0 radical (unpaired) electrons. The zero-order valence-electron chi connectivity index (χ0n) is 11.3. The average molecular weight is 232 g/mol. The number of nitrogens with one attached hydrogen (secondary N) is 2. The van der Waals surface area contributed by atoms with Crippen LogP contribution >= 0.6 is 0 Å². The van der Waals surface area contributed by atoms with Gasteiger partial charge in [0.2, 0.25) is 0 Å². The molecule has 0 unspecified atom stereocenters. The van der Waals surface area contributed by atoms with Gasteiger partial charge >= 0.3 is 0 Å². The third-order valence-corrected chi connectivity index (χ3v) is 3.18. The quantitative estimate of drug-likeness (QED) is 0.780. The van der Waals surface area contributed by atoms with Gasteiger partial charge in [0.1, 0.15) is 0 Å². The number of anilines is 1. The maximum atomic E-state index is 3.53. The van der Waals surface area contributed by atoms with Crippen LogP contribution in [0, 0.1) is 0 Å². The molecule has 2 rings (SSSR count). The van der Waals surface area contributed by atoms with Crippen LogP contribution in [0.2, 0.25) is 0 Å². The van der Waals surface area contributed by atoms with Crippen molar-refractivity contribution in [3.8, 4) is 0 Å². The first kappa shape index (κ1) is 12.4. The van der Waals surface area contributed by atoms with Gasteiger partial charge in [-0.1, -0.05) is 12.1 Å². The number of fused-ring (bicyclic) bond motifs is 1. The highest BCUT2D eigenvalue weighted by Crippen LogP contribution is 2.23. The second-order valence-corrected chi connectivity index (χ2v) is 5.95. The van der Waals surface area contributed by atoms with Crippen molar-refractivity contribution in [2.45, 2.75) is 45.6 Å². The summed E-state index contributed by atoms with van der Waals surface area (Å²) in [5.74, 6) is 0. The van der Waals surface area contributed by atoms with Crippen LogP contribution in [0.15, 0.2) is 18.2 Å². The Morgan fingerprint density at radius 1 is 1.29 bits per heavy atom. The van der Waals surface area contributed by atoms with Gasteiger partial charge in [0.05, 0.1) is 0 Å². The van der Waals surface area contributed by atoms with Crippen molar-refractivity contribution >= 4 is 5.69 Å². The van der Waals surface area contributed by atoms with Crippen LogP contribution < -0.4 is 10.6 Å². The van der Waals surface area contributed by atoms with Gasteiger partial charge < -0.3 is 10.6 Å². The molecule has 0 amide bonds. The SMILES string of the molecule is CC(C)(C)NCCCc1ccc2c(c1)NCC2. The smallest absolute Gasteiger partial charge is 0.0376 e. The van der Waals surface area contributed by atoms with Crippen LogP contribution in [0.3, 0.4) is 0 Å². The molecule has 1 aliphatic heterocycles. The maximum Gasteiger partial charge on any atom is 0.0376 e. The van der Waals surface area contributed by atoms with Crippen LogP contribution in [0.1, 0.15) is 38.3 Å². The van der Waals surface area contributed by atoms with Crippen molar-refractivity contribution in [1.82, 2.24) is 5.32 Å². The predicted molar refractivity (Wildman–Crippen MR) is 74.7 cm³/mol. The van der Waals surface area contributed by atoms with Gasteiger partial charge in [0, 0.05) is 17.8 Å². The summed E-state index contributed by atoms with van der Waals surface area (Å²) in [6, 6.07) is 6.88. The van der Waals surface area contributed by atoms with Gasteiger partial charge in [-0.05, 0) is 63.8 Å². The molecular formula is C15H24N2. The van der Waals surface area contributed by atoms with Crippen LogP contribution in [-0.4, -0.2) is 18.6 Å². The molecule has 0 bridgehead atoms. The first-order valence-corrected chi connectivity index (χ1v) is 6.65. The maximum absolute atomic E-state index is 3.53. The van der Waals surface area contributed by atoms with E-state index in [0.717, 1.165) is 19.5 Å². The minimum Gasteiger partial charge on any atom is -0.384 e. The van der Waals surface area contributed by atoms with E-state index in [4.69, 9.17) is 0 Å². The van der Waals surface area contributed by atoms with E-state index in [9.17, 15) is 0 Å². The van der Waals surface area contributed by atoms with Crippen LogP contribution in [-0.2, 0) is 12.8 Å². The Kier molecular flexibility index (Phi) is 3.72. The summed E-state index contributed by atoms with van der Waals surface area (Å²) in [5.41, 5.74) is 4.51. The summed E-state index contributed by atoms with van der Waals surface area (Å²) in [4.78, 5) is 0. The molecule has 1 aromatic carbocycles. The highest BCUT2D eigenvalue weighted by Gasteiger charge is 2.10. The average Bonchev–Trinajstić information content (AvgIpc) is 2.70. The Labute approximate surface area is 105 Å². The van der Waals surface area contributed by atoms with Crippen molar-refractivity contribution in [2.24, 2.45) is 0 Å². The van der Waals surface area contributed by atoms with Gasteiger partial charge in [-0.15, -0.1) is 0 Å². The van der Waals surface area contributed by atoms with Crippen molar-refractivity contribution in [2.75, 3.05) is 18.4 Å². The lowest BCUT2D eigenvalue weighted by Gasteiger charge is -2.20. The molecule has 2 nitrogen and oxygen atoms in total. The largest absolute Gasteiger partial charge is 0.384 e. The molecule has 0 spiro atoms. The highest BCUT2D eigenvalue weighted by molar-refractivity contribution is 5.57. The summed E-state index contributed by atoms with van der Waals surface area (Å²) in [6.07, 6.45) is 3.55. The van der Waals surface area contributed by atoms with E-state index in [-0.39, 0.29) is 5.54 Å². The molecule has 0 saturated heterocycles. The summed E-state index contributed by atoms with van der Waals surface area (Å²) >= 11 is 0. The van der Waals surface area contributed by atoms with Gasteiger partial charge in [-0.2, -0.15) is 0 Å². The molecule has 1 aromatic rings. The lowest BCUT2D eigenvalue weighted by molar-refractivity contribution is 0.422. The van der Waals surface area contributed by atoms with E-state index < -0.39 is 0 Å². The molecule has 2 N–H and O–H groups in total. The minimum absolute atomic E-state index is 0.236. The Morgan fingerprint density at radius 2 is 2.12 bits per heavy atom. The molecule has 0 aromatic heterocycles. The van der Waals surface area contributed by atoms with E-state index >= 15 is 0 Å². The molecule has 0 atom stereocenters. The monoisotopic (exact) mass is 232 g/mol. The van der Waals surface area contributed by atoms with Crippen molar-refractivity contribution in [1.29, 1.82) is 0 Å². The Hall–Kier alpha value is -1.02. The van der Waals surface area contributed by atoms with Crippen LogP contribution in [0.4, 0.5) is 5.69 Å². The third-order valence-electron chi connectivity index (χ3n) is 3.18. The van der Waals surface area contributed by atoms with Crippen molar-refractivity contribution < 1.29 is 0 Å². The molecule has 94 valence electrons. The third kappa shape index (κ3) is 3.74. The first-order chi connectivity index (χ1) is 8.04. The lowest BCUT2D eigenvalue weighted by atomic mass is 10.0. The fourth-order valence-corrected chi connectivity index (χ4v) is 2.25. The van der Waals surface area contributed by atoms with Crippen molar-refractivity contribution in [3.05, 3.63) is 29.3 Å². The number of hydrogen-bond donors (Lipinski definition) is 2. The number of aryl methyl sites for hydroxylation is 1. The molecular weight excluding hydrogens is 208 g/mol. The second kappa shape index (κ2) is 5.09. The number of benzene rings is 1. The van der Waals surface area contributed by atoms with E-state index in [2.05, 4.69) is 49.6 Å². The summed E-state index contributed by atoms with van der Waals surface area (Å²) < 4.78 is 0. The number of rotatable bonds is 4. The van der Waals surface area contributed by atoms with Gasteiger partial charge in [-0.3, -0.25) is 0 Å². The molecule has 1 heterocycles. The molecule has 2 heteroatoms. The molecule has 17 heavy (non-hydrogen) atoms. The predicted octanol–water partition coefficient (Wildman–Crippen LogP) is 2.98. The summed E-state index contributed by atoms with van der Waals surface area (Å²) in [5, 5.41) is 6.97. The first-order valence-electron chi connectivity index (χ1n) is 6.65. The van der Waals surface area contributed by atoms with Gasteiger partial charge in [-0.25, -0.2) is 0 Å². The summed E-state index contributed by atoms with van der Waals surface area (Å²) in [7, 11) is 0. The topological polar surface area (TPSA) is 24.1 Å². The Balaban J connectivity index is 1.80. The fraction of sp³-hybridized carbons (Fsp3) is 0.600. The number of hydrogen-bond acceptors (Lipinski definition) is 2. The van der Waals surface area contributed by atoms with Gasteiger partial charge in [0.25, 0.3) is 0 Å². The zero-order chi connectivity index (χ0) is 12.3. The molecule has 0 aliphatic carbocycles. The minimum atomic E-state index is 0.236. The summed E-state index contributed by atoms with van der Waals surface area (Å²) in [6.45, 7) is 8.84.